The molecule has 2 aliphatic heterocycles. The SMILES string of the molecule is CO[C@@H]1C(n2cc(-c3ccc(F)c(F)c3F)nn2)[C@H]2OC(C)(C)OC[C@H]2O[C@@H]1CN=[N+]=[N-]. The molecule has 0 N–H and O–H groups in total. The average Bonchev–Trinajstić information content (AvgIpc) is 3.24. The molecular weight excluding hydrogens is 433 g/mol. The minimum Gasteiger partial charge on any atom is -0.376 e. The van der Waals surface area contributed by atoms with Gasteiger partial charge in [-0.05, 0) is 31.5 Å². The normalized spacial score (nSPS) is 29.2. The van der Waals surface area contributed by atoms with Crippen molar-refractivity contribution < 1.29 is 32.1 Å². The first-order valence-electron chi connectivity index (χ1n) is 9.82. The van der Waals surface area contributed by atoms with Crippen LogP contribution in [0.4, 0.5) is 13.2 Å². The first-order chi connectivity index (χ1) is 15.3. The second-order valence-electron chi connectivity index (χ2n) is 7.92. The van der Waals surface area contributed by atoms with Gasteiger partial charge in [-0.1, -0.05) is 10.3 Å². The van der Waals surface area contributed by atoms with E-state index in [1.807, 2.05) is 0 Å². The maximum absolute atomic E-state index is 14.3. The summed E-state index contributed by atoms with van der Waals surface area (Å²) in [5.74, 6) is -5.19. The van der Waals surface area contributed by atoms with Gasteiger partial charge >= 0.3 is 0 Å². The van der Waals surface area contributed by atoms with Gasteiger partial charge < -0.3 is 18.9 Å². The van der Waals surface area contributed by atoms with E-state index >= 15 is 0 Å². The predicted molar refractivity (Wildman–Crippen MR) is 103 cm³/mol. The van der Waals surface area contributed by atoms with Crippen molar-refractivity contribution in [1.82, 2.24) is 15.0 Å². The van der Waals surface area contributed by atoms with Gasteiger partial charge in [-0.15, -0.1) is 5.10 Å². The molecule has 0 spiro atoms. The zero-order valence-corrected chi connectivity index (χ0v) is 17.5. The van der Waals surface area contributed by atoms with E-state index in [9.17, 15) is 13.2 Å². The molecule has 4 rings (SSSR count). The number of rotatable bonds is 5. The predicted octanol–water partition coefficient (Wildman–Crippen LogP) is 3.15. The summed E-state index contributed by atoms with van der Waals surface area (Å²) >= 11 is 0. The van der Waals surface area contributed by atoms with Crippen molar-refractivity contribution in [2.45, 2.75) is 50.1 Å². The Morgan fingerprint density at radius 2 is 2.09 bits per heavy atom. The summed E-state index contributed by atoms with van der Waals surface area (Å²) in [5, 5.41) is 11.6. The van der Waals surface area contributed by atoms with Crippen LogP contribution in [0.1, 0.15) is 19.9 Å². The molecule has 3 heterocycles. The molecule has 5 atom stereocenters. The lowest BCUT2D eigenvalue weighted by Crippen LogP contribution is -2.63. The van der Waals surface area contributed by atoms with Crippen molar-refractivity contribution >= 4 is 0 Å². The van der Waals surface area contributed by atoms with Crippen LogP contribution in [0.15, 0.2) is 23.4 Å². The van der Waals surface area contributed by atoms with E-state index in [0.717, 1.165) is 12.1 Å². The fourth-order valence-electron chi connectivity index (χ4n) is 4.06. The first kappa shape index (κ1) is 22.5. The molecule has 0 saturated carbocycles. The molecule has 0 bridgehead atoms. The molecular formula is C19H21F3N6O4. The van der Waals surface area contributed by atoms with E-state index in [4.69, 9.17) is 24.5 Å². The van der Waals surface area contributed by atoms with Crippen molar-refractivity contribution in [1.29, 1.82) is 0 Å². The Bertz CT molecular complexity index is 1040. The van der Waals surface area contributed by atoms with Crippen LogP contribution in [-0.4, -0.2) is 65.5 Å². The third kappa shape index (κ3) is 4.05. The Labute approximate surface area is 180 Å². The monoisotopic (exact) mass is 454 g/mol. The van der Waals surface area contributed by atoms with Gasteiger partial charge in [-0.2, -0.15) is 0 Å². The number of aromatic nitrogens is 3. The quantitative estimate of drug-likeness (QED) is 0.297. The number of azide groups is 1. The number of methoxy groups -OCH3 is 1. The number of hydrogen-bond donors (Lipinski definition) is 0. The van der Waals surface area contributed by atoms with E-state index in [1.165, 1.54) is 18.0 Å². The molecule has 2 fully saturated rings. The number of fused-ring (bicyclic) bond motifs is 1. The summed E-state index contributed by atoms with van der Waals surface area (Å²) in [6, 6.07) is 1.27. The van der Waals surface area contributed by atoms with Crippen LogP contribution in [0, 0.1) is 17.5 Å². The molecule has 0 amide bonds. The summed E-state index contributed by atoms with van der Waals surface area (Å²) in [6.45, 7) is 3.68. The van der Waals surface area contributed by atoms with Crippen LogP contribution in [0.5, 0.6) is 0 Å². The Hall–Kier alpha value is -2.70. The van der Waals surface area contributed by atoms with E-state index < -0.39 is 53.7 Å². The van der Waals surface area contributed by atoms with Crippen LogP contribution in [0.2, 0.25) is 0 Å². The van der Waals surface area contributed by atoms with Crippen molar-refractivity contribution in [2.75, 3.05) is 20.3 Å². The van der Waals surface area contributed by atoms with E-state index in [2.05, 4.69) is 20.3 Å². The zero-order chi connectivity index (χ0) is 23.0. The lowest BCUT2D eigenvalue weighted by atomic mass is 9.91. The van der Waals surface area contributed by atoms with E-state index in [-0.39, 0.29) is 24.4 Å². The van der Waals surface area contributed by atoms with Crippen LogP contribution < -0.4 is 0 Å². The highest BCUT2D eigenvalue weighted by atomic mass is 19.2. The fourth-order valence-corrected chi connectivity index (χ4v) is 4.06. The van der Waals surface area contributed by atoms with Crippen LogP contribution in [-0.2, 0) is 18.9 Å². The van der Waals surface area contributed by atoms with Crippen molar-refractivity contribution in [3.8, 4) is 11.3 Å². The van der Waals surface area contributed by atoms with E-state index in [0.29, 0.717) is 0 Å². The maximum atomic E-state index is 14.3. The molecule has 32 heavy (non-hydrogen) atoms. The Morgan fingerprint density at radius 1 is 1.31 bits per heavy atom. The molecule has 172 valence electrons. The van der Waals surface area contributed by atoms with Gasteiger partial charge in [0.2, 0.25) is 0 Å². The summed E-state index contributed by atoms with van der Waals surface area (Å²) in [6.07, 6.45) is -1.07. The second kappa shape index (κ2) is 8.68. The lowest BCUT2D eigenvalue weighted by Gasteiger charge is -2.50. The summed E-state index contributed by atoms with van der Waals surface area (Å²) < 4.78 is 66.2. The average molecular weight is 454 g/mol. The minimum absolute atomic E-state index is 0.00258. The Kier molecular flexibility index (Phi) is 6.10. The van der Waals surface area contributed by atoms with Gasteiger partial charge in [0.1, 0.15) is 30.0 Å². The van der Waals surface area contributed by atoms with Crippen LogP contribution in [0.3, 0.4) is 0 Å². The van der Waals surface area contributed by atoms with Gasteiger partial charge in [0.05, 0.1) is 25.5 Å². The molecule has 2 aliphatic rings. The molecule has 0 radical (unpaired) electrons. The lowest BCUT2D eigenvalue weighted by molar-refractivity contribution is -0.348. The molecule has 1 aromatic carbocycles. The number of ether oxygens (including phenoxy) is 4. The van der Waals surface area contributed by atoms with Gasteiger partial charge in [0, 0.05) is 17.6 Å². The Morgan fingerprint density at radius 3 is 2.81 bits per heavy atom. The summed E-state index contributed by atoms with van der Waals surface area (Å²) in [4.78, 5) is 2.78. The third-order valence-electron chi connectivity index (χ3n) is 5.49. The number of hydrogen-bond acceptors (Lipinski definition) is 7. The van der Waals surface area contributed by atoms with Crippen LogP contribution >= 0.6 is 0 Å². The minimum atomic E-state index is -1.60. The molecule has 1 unspecified atom stereocenters. The topological polar surface area (TPSA) is 116 Å². The zero-order valence-electron chi connectivity index (χ0n) is 17.5. The number of nitrogens with zero attached hydrogens (tertiary/aromatic N) is 6. The molecule has 13 heteroatoms. The van der Waals surface area contributed by atoms with Gasteiger partial charge in [0.25, 0.3) is 0 Å². The highest BCUT2D eigenvalue weighted by Crippen LogP contribution is 2.39. The standard InChI is InChI=1S/C19H21F3N6O4/c1-19(2)30-8-13-18(32-19)16(17(29-3)12(31-13)6-24-26-23)28-7-11(25-27-28)9-4-5-10(20)15(22)14(9)21/h4-5,7,12-13,16-18H,6,8H2,1-3H3/t12-,13-,16?,17+,18+/m1/s1. The van der Waals surface area contributed by atoms with Crippen molar-refractivity contribution in [3.63, 3.8) is 0 Å². The molecule has 10 nitrogen and oxygen atoms in total. The van der Waals surface area contributed by atoms with Gasteiger partial charge in [0.15, 0.2) is 23.2 Å². The van der Waals surface area contributed by atoms with Crippen LogP contribution in [0.25, 0.3) is 21.7 Å². The Balaban J connectivity index is 1.74. The first-order valence-corrected chi connectivity index (χ1v) is 9.82. The maximum Gasteiger partial charge on any atom is 0.195 e. The number of halogens is 3. The summed E-state index contributed by atoms with van der Waals surface area (Å²) in [5.41, 5.74) is 8.48. The van der Waals surface area contributed by atoms with Crippen molar-refractivity contribution in [3.05, 3.63) is 46.2 Å². The van der Waals surface area contributed by atoms with Crippen molar-refractivity contribution in [2.24, 2.45) is 5.11 Å². The molecule has 2 aromatic rings. The smallest absolute Gasteiger partial charge is 0.195 e. The summed E-state index contributed by atoms with van der Waals surface area (Å²) in [7, 11) is 1.46. The van der Waals surface area contributed by atoms with Gasteiger partial charge in [-0.3, -0.25) is 0 Å². The van der Waals surface area contributed by atoms with E-state index in [1.54, 1.807) is 13.8 Å². The molecule has 0 aliphatic carbocycles. The number of benzene rings is 1. The van der Waals surface area contributed by atoms with Gasteiger partial charge in [-0.25, -0.2) is 17.9 Å². The second-order valence-corrected chi connectivity index (χ2v) is 7.92. The fraction of sp³-hybridized carbons (Fsp3) is 0.579. The highest BCUT2D eigenvalue weighted by Gasteiger charge is 2.52. The highest BCUT2D eigenvalue weighted by molar-refractivity contribution is 5.58. The largest absolute Gasteiger partial charge is 0.376 e. The molecule has 2 saturated heterocycles. The molecule has 1 aromatic heterocycles. The third-order valence-corrected chi connectivity index (χ3v) is 5.49.